The fraction of sp³-hybridized carbons (Fsp3) is 0.400. The fourth-order valence-electron chi connectivity index (χ4n) is 2.83. The maximum atomic E-state index is 14.0. The minimum atomic E-state index is -3.93. The molecule has 0 amide bonds. The lowest BCUT2D eigenvalue weighted by Crippen LogP contribution is -2.35. The number of hydrogen-bond acceptors (Lipinski definition) is 4. The van der Waals surface area contributed by atoms with Crippen molar-refractivity contribution in [1.29, 1.82) is 0 Å². The van der Waals surface area contributed by atoms with Gasteiger partial charge in [0.1, 0.15) is 10.7 Å². The molecule has 2 aromatic rings. The number of imidazole rings is 1. The van der Waals surface area contributed by atoms with Crippen molar-refractivity contribution in [2.45, 2.75) is 18.0 Å². The quantitative estimate of drug-likeness (QED) is 0.847. The van der Waals surface area contributed by atoms with Gasteiger partial charge in [0.2, 0.25) is 10.0 Å². The van der Waals surface area contributed by atoms with E-state index in [-0.39, 0.29) is 23.9 Å². The molecule has 1 aliphatic heterocycles. The van der Waals surface area contributed by atoms with Crippen LogP contribution in [0.15, 0.2) is 41.7 Å². The predicted octanol–water partition coefficient (Wildman–Crippen LogP) is 1.49. The predicted molar refractivity (Wildman–Crippen MR) is 81.6 cm³/mol. The second kappa shape index (κ2) is 6.38. The standard InChI is InChI=1S/C15H18FN3O3S/c1-22-10-12-7-18-11-17-6-13(18)9-19(8-12)23(20,21)15-5-3-2-4-14(15)16/h2-6,11-12H,7-10H2,1H3/t12-/m0/s1. The van der Waals surface area contributed by atoms with Crippen molar-refractivity contribution in [2.75, 3.05) is 20.3 Å². The highest BCUT2D eigenvalue weighted by Crippen LogP contribution is 2.25. The number of benzene rings is 1. The van der Waals surface area contributed by atoms with Crippen LogP contribution < -0.4 is 0 Å². The van der Waals surface area contributed by atoms with Crippen LogP contribution in [0.1, 0.15) is 5.69 Å². The molecule has 0 spiro atoms. The van der Waals surface area contributed by atoms with Gasteiger partial charge in [-0.2, -0.15) is 4.31 Å². The van der Waals surface area contributed by atoms with Crippen LogP contribution in [-0.2, 0) is 27.8 Å². The first-order chi connectivity index (χ1) is 11.0. The molecular formula is C15H18FN3O3S. The lowest BCUT2D eigenvalue weighted by molar-refractivity contribution is 0.134. The average Bonchev–Trinajstić information content (AvgIpc) is 2.86. The van der Waals surface area contributed by atoms with Crippen molar-refractivity contribution in [1.82, 2.24) is 13.9 Å². The van der Waals surface area contributed by atoms with Crippen molar-refractivity contribution >= 4 is 10.0 Å². The van der Waals surface area contributed by atoms with E-state index in [1.54, 1.807) is 19.6 Å². The molecule has 2 heterocycles. The van der Waals surface area contributed by atoms with E-state index < -0.39 is 15.8 Å². The van der Waals surface area contributed by atoms with Gasteiger partial charge in [-0.05, 0) is 12.1 Å². The molecule has 0 aliphatic carbocycles. The highest BCUT2D eigenvalue weighted by molar-refractivity contribution is 7.89. The highest BCUT2D eigenvalue weighted by atomic mass is 32.2. The Hall–Kier alpha value is -1.77. The second-order valence-corrected chi connectivity index (χ2v) is 7.49. The molecule has 0 bridgehead atoms. The minimum Gasteiger partial charge on any atom is -0.384 e. The zero-order valence-corrected chi connectivity index (χ0v) is 13.5. The summed E-state index contributed by atoms with van der Waals surface area (Å²) in [6.07, 6.45) is 3.32. The fourth-order valence-corrected chi connectivity index (χ4v) is 4.38. The van der Waals surface area contributed by atoms with Crippen LogP contribution in [0, 0.1) is 11.7 Å². The van der Waals surface area contributed by atoms with Gasteiger partial charge in [-0.25, -0.2) is 17.8 Å². The Morgan fingerprint density at radius 2 is 2.13 bits per heavy atom. The Labute approximate surface area is 134 Å². The van der Waals surface area contributed by atoms with Crippen molar-refractivity contribution < 1.29 is 17.5 Å². The normalized spacial score (nSPS) is 19.3. The monoisotopic (exact) mass is 339 g/mol. The van der Waals surface area contributed by atoms with Gasteiger partial charge in [-0.3, -0.25) is 0 Å². The summed E-state index contributed by atoms with van der Waals surface area (Å²) < 4.78 is 48.1. The minimum absolute atomic E-state index is 0.0306. The molecule has 0 unspecified atom stereocenters. The third-order valence-corrected chi connectivity index (χ3v) is 5.76. The summed E-state index contributed by atoms with van der Waals surface area (Å²) in [7, 11) is -2.35. The Balaban J connectivity index is 1.99. The summed E-state index contributed by atoms with van der Waals surface area (Å²) in [5, 5.41) is 0. The summed E-state index contributed by atoms with van der Waals surface area (Å²) in [6.45, 7) is 1.47. The lowest BCUT2D eigenvalue weighted by Gasteiger charge is -2.23. The van der Waals surface area contributed by atoms with Gasteiger partial charge in [-0.1, -0.05) is 12.1 Å². The molecule has 23 heavy (non-hydrogen) atoms. The number of fused-ring (bicyclic) bond motifs is 1. The van der Waals surface area contributed by atoms with Gasteiger partial charge >= 0.3 is 0 Å². The number of sulfonamides is 1. The molecule has 1 aliphatic rings. The SMILES string of the molecule is COC[C@@H]1CN(S(=O)(=O)c2ccccc2F)Cc2cncn2C1. The van der Waals surface area contributed by atoms with Crippen LogP contribution in [0.4, 0.5) is 4.39 Å². The van der Waals surface area contributed by atoms with E-state index in [4.69, 9.17) is 4.74 Å². The maximum absolute atomic E-state index is 14.0. The number of aromatic nitrogens is 2. The summed E-state index contributed by atoms with van der Waals surface area (Å²) >= 11 is 0. The molecule has 0 radical (unpaired) electrons. The van der Waals surface area contributed by atoms with E-state index in [2.05, 4.69) is 4.98 Å². The molecule has 1 aromatic carbocycles. The zero-order valence-electron chi connectivity index (χ0n) is 12.7. The number of methoxy groups -OCH3 is 1. The summed E-state index contributed by atoms with van der Waals surface area (Å²) in [4.78, 5) is 3.77. The van der Waals surface area contributed by atoms with Gasteiger partial charge in [-0.15, -0.1) is 0 Å². The van der Waals surface area contributed by atoms with Crippen molar-refractivity contribution in [3.63, 3.8) is 0 Å². The van der Waals surface area contributed by atoms with E-state index in [1.165, 1.54) is 22.5 Å². The third kappa shape index (κ3) is 3.15. The van der Waals surface area contributed by atoms with Gasteiger partial charge in [0.25, 0.3) is 0 Å². The van der Waals surface area contributed by atoms with Crippen molar-refractivity contribution in [3.05, 3.63) is 48.3 Å². The lowest BCUT2D eigenvalue weighted by atomic mass is 10.1. The average molecular weight is 339 g/mol. The third-order valence-electron chi connectivity index (χ3n) is 3.91. The summed E-state index contributed by atoms with van der Waals surface area (Å²) in [5.74, 6) is -0.773. The molecule has 8 heteroatoms. The van der Waals surface area contributed by atoms with Crippen LogP contribution in [0.3, 0.4) is 0 Å². The highest BCUT2D eigenvalue weighted by Gasteiger charge is 2.32. The van der Waals surface area contributed by atoms with E-state index >= 15 is 0 Å². The zero-order chi connectivity index (χ0) is 16.4. The molecule has 0 N–H and O–H groups in total. The summed E-state index contributed by atoms with van der Waals surface area (Å²) in [5.41, 5.74) is 0.781. The van der Waals surface area contributed by atoms with Crippen molar-refractivity contribution in [3.8, 4) is 0 Å². The topological polar surface area (TPSA) is 64.4 Å². The first-order valence-corrected chi connectivity index (χ1v) is 8.69. The van der Waals surface area contributed by atoms with Gasteiger partial charge in [0, 0.05) is 32.3 Å². The van der Waals surface area contributed by atoms with Crippen LogP contribution in [0.2, 0.25) is 0 Å². The smallest absolute Gasteiger partial charge is 0.246 e. The molecule has 0 fully saturated rings. The Bertz CT molecular complexity index is 791. The number of rotatable bonds is 4. The molecule has 0 saturated heterocycles. The Morgan fingerprint density at radius 1 is 1.35 bits per heavy atom. The molecule has 1 atom stereocenters. The number of hydrogen-bond donors (Lipinski definition) is 0. The largest absolute Gasteiger partial charge is 0.384 e. The molecular weight excluding hydrogens is 321 g/mol. The van der Waals surface area contributed by atoms with Crippen LogP contribution in [-0.4, -0.2) is 42.5 Å². The number of halogens is 1. The Kier molecular flexibility index (Phi) is 4.47. The van der Waals surface area contributed by atoms with E-state index in [0.29, 0.717) is 13.2 Å². The molecule has 6 nitrogen and oxygen atoms in total. The van der Waals surface area contributed by atoms with Gasteiger partial charge in [0.05, 0.1) is 25.2 Å². The van der Waals surface area contributed by atoms with E-state index in [9.17, 15) is 12.8 Å². The second-order valence-electron chi connectivity index (χ2n) is 5.59. The molecule has 124 valence electrons. The van der Waals surface area contributed by atoms with Crippen LogP contribution >= 0.6 is 0 Å². The van der Waals surface area contributed by atoms with Gasteiger partial charge in [0.15, 0.2) is 0 Å². The van der Waals surface area contributed by atoms with E-state index in [1.807, 2.05) is 4.57 Å². The van der Waals surface area contributed by atoms with E-state index in [0.717, 1.165) is 11.8 Å². The molecule has 0 saturated carbocycles. The number of nitrogens with zero attached hydrogens (tertiary/aromatic N) is 3. The van der Waals surface area contributed by atoms with Gasteiger partial charge < -0.3 is 9.30 Å². The maximum Gasteiger partial charge on any atom is 0.246 e. The first-order valence-electron chi connectivity index (χ1n) is 7.25. The molecule has 3 rings (SSSR count). The first kappa shape index (κ1) is 16.1. The molecule has 1 aromatic heterocycles. The summed E-state index contributed by atoms with van der Waals surface area (Å²) in [6, 6.07) is 5.43. The van der Waals surface area contributed by atoms with Crippen LogP contribution in [0.25, 0.3) is 0 Å². The van der Waals surface area contributed by atoms with Crippen LogP contribution in [0.5, 0.6) is 0 Å². The Morgan fingerprint density at radius 3 is 2.87 bits per heavy atom. The van der Waals surface area contributed by atoms with Crippen molar-refractivity contribution in [2.24, 2.45) is 5.92 Å². The number of ether oxygens (including phenoxy) is 1.